The fourth-order valence-electron chi connectivity index (χ4n) is 2.28. The van der Waals surface area contributed by atoms with Gasteiger partial charge in [0.05, 0.1) is 10.2 Å². The second-order valence-corrected chi connectivity index (χ2v) is 7.67. The molecule has 0 aliphatic rings. The summed E-state index contributed by atoms with van der Waals surface area (Å²) in [6, 6.07) is 13.4. The normalized spacial score (nSPS) is 12.1. The molecule has 0 unspecified atom stereocenters. The van der Waals surface area contributed by atoms with Crippen molar-refractivity contribution in [2.24, 2.45) is 0 Å². The van der Waals surface area contributed by atoms with Gasteiger partial charge >= 0.3 is 0 Å². The number of hydrogen-bond donors (Lipinski definition) is 2. The summed E-state index contributed by atoms with van der Waals surface area (Å²) in [4.78, 5) is 16.9. The van der Waals surface area contributed by atoms with E-state index in [1.807, 2.05) is 62.6 Å². The molecule has 0 saturated carbocycles. The first-order valence-electron chi connectivity index (χ1n) is 7.64. The van der Waals surface area contributed by atoms with E-state index in [0.29, 0.717) is 0 Å². The van der Waals surface area contributed by atoms with Gasteiger partial charge in [-0.2, -0.15) is 0 Å². The molecular formula is C18H19N3OS2. The highest BCUT2D eigenvalue weighted by Gasteiger charge is 2.13. The van der Waals surface area contributed by atoms with Crippen LogP contribution < -0.4 is 10.6 Å². The SMILES string of the molecule is CSc1nc2ccc(N[C@@H](C)C(=O)Nc3ccc(C)cc3)cc2s1. The van der Waals surface area contributed by atoms with Gasteiger partial charge in [-0.3, -0.25) is 4.79 Å². The maximum atomic E-state index is 12.3. The quantitative estimate of drug-likeness (QED) is 0.646. The number of carbonyl (C=O) groups excluding carboxylic acids is 1. The number of aromatic nitrogens is 1. The van der Waals surface area contributed by atoms with Crippen molar-refractivity contribution in [3.05, 3.63) is 48.0 Å². The van der Waals surface area contributed by atoms with Crippen LogP contribution in [0, 0.1) is 6.92 Å². The molecule has 1 atom stereocenters. The molecule has 124 valence electrons. The number of anilines is 2. The largest absolute Gasteiger partial charge is 0.374 e. The van der Waals surface area contributed by atoms with Crippen LogP contribution in [-0.2, 0) is 4.79 Å². The van der Waals surface area contributed by atoms with Crippen LogP contribution in [0.2, 0.25) is 0 Å². The third kappa shape index (κ3) is 3.88. The lowest BCUT2D eigenvalue weighted by Crippen LogP contribution is -2.31. The van der Waals surface area contributed by atoms with Gasteiger partial charge in [-0.25, -0.2) is 4.98 Å². The molecule has 2 N–H and O–H groups in total. The molecule has 6 heteroatoms. The molecule has 4 nitrogen and oxygen atoms in total. The summed E-state index contributed by atoms with van der Waals surface area (Å²) in [5.41, 5.74) is 3.89. The molecule has 1 aromatic heterocycles. The molecule has 0 aliphatic heterocycles. The summed E-state index contributed by atoms with van der Waals surface area (Å²) in [7, 11) is 0. The van der Waals surface area contributed by atoms with Crippen molar-refractivity contribution in [1.29, 1.82) is 0 Å². The van der Waals surface area contributed by atoms with Crippen LogP contribution in [0.3, 0.4) is 0 Å². The number of aryl methyl sites for hydroxylation is 1. The van der Waals surface area contributed by atoms with Gasteiger partial charge in [-0.1, -0.05) is 29.5 Å². The average Bonchev–Trinajstić information content (AvgIpc) is 2.99. The number of carbonyl (C=O) groups is 1. The van der Waals surface area contributed by atoms with E-state index in [2.05, 4.69) is 15.6 Å². The minimum absolute atomic E-state index is 0.0620. The number of amides is 1. The lowest BCUT2D eigenvalue weighted by molar-refractivity contribution is -0.116. The number of nitrogens with zero attached hydrogens (tertiary/aromatic N) is 1. The maximum Gasteiger partial charge on any atom is 0.246 e. The zero-order valence-electron chi connectivity index (χ0n) is 13.8. The van der Waals surface area contributed by atoms with Crippen LogP contribution in [0.4, 0.5) is 11.4 Å². The topological polar surface area (TPSA) is 54.0 Å². The smallest absolute Gasteiger partial charge is 0.246 e. The predicted molar refractivity (Wildman–Crippen MR) is 104 cm³/mol. The highest BCUT2D eigenvalue weighted by Crippen LogP contribution is 2.30. The number of rotatable bonds is 5. The van der Waals surface area contributed by atoms with E-state index in [4.69, 9.17) is 0 Å². The highest BCUT2D eigenvalue weighted by atomic mass is 32.2. The summed E-state index contributed by atoms with van der Waals surface area (Å²) in [5, 5.41) is 6.18. The molecule has 1 heterocycles. The van der Waals surface area contributed by atoms with Gasteiger partial charge in [-0.05, 0) is 50.4 Å². The van der Waals surface area contributed by atoms with E-state index in [0.717, 1.165) is 25.9 Å². The molecule has 0 fully saturated rings. The molecule has 1 amide bonds. The molecule has 3 aromatic rings. The Morgan fingerprint density at radius 2 is 1.88 bits per heavy atom. The van der Waals surface area contributed by atoms with Gasteiger partial charge < -0.3 is 10.6 Å². The molecule has 0 aliphatic carbocycles. The first kappa shape index (κ1) is 16.8. The Hall–Kier alpha value is -2.05. The number of benzene rings is 2. The zero-order chi connectivity index (χ0) is 17.1. The van der Waals surface area contributed by atoms with E-state index in [-0.39, 0.29) is 11.9 Å². The van der Waals surface area contributed by atoms with E-state index in [9.17, 15) is 4.79 Å². The van der Waals surface area contributed by atoms with Crippen molar-refractivity contribution in [3.8, 4) is 0 Å². The fraction of sp³-hybridized carbons (Fsp3) is 0.222. The van der Waals surface area contributed by atoms with E-state index in [1.54, 1.807) is 23.1 Å². The monoisotopic (exact) mass is 357 g/mol. The Morgan fingerprint density at radius 3 is 2.58 bits per heavy atom. The number of hydrogen-bond acceptors (Lipinski definition) is 5. The van der Waals surface area contributed by atoms with Crippen molar-refractivity contribution >= 4 is 50.6 Å². The van der Waals surface area contributed by atoms with Crippen LogP contribution in [0.1, 0.15) is 12.5 Å². The molecular weight excluding hydrogens is 338 g/mol. The third-order valence-corrected chi connectivity index (χ3v) is 5.64. The first-order chi connectivity index (χ1) is 11.5. The van der Waals surface area contributed by atoms with E-state index in [1.165, 1.54) is 5.56 Å². The Morgan fingerprint density at radius 1 is 1.17 bits per heavy atom. The minimum atomic E-state index is -0.336. The van der Waals surface area contributed by atoms with Crippen LogP contribution in [-0.4, -0.2) is 23.2 Å². The first-order valence-corrected chi connectivity index (χ1v) is 9.68. The summed E-state index contributed by atoms with van der Waals surface area (Å²) in [6.07, 6.45) is 2.02. The second kappa shape index (κ2) is 7.23. The van der Waals surface area contributed by atoms with Gasteiger partial charge in [-0.15, -0.1) is 11.3 Å². The van der Waals surface area contributed by atoms with Crippen LogP contribution in [0.25, 0.3) is 10.2 Å². The van der Waals surface area contributed by atoms with Crippen molar-refractivity contribution in [2.45, 2.75) is 24.2 Å². The summed E-state index contributed by atoms with van der Waals surface area (Å²) in [6.45, 7) is 3.88. The molecule has 3 rings (SSSR count). The second-order valence-electron chi connectivity index (χ2n) is 5.59. The van der Waals surface area contributed by atoms with Crippen molar-refractivity contribution in [3.63, 3.8) is 0 Å². The van der Waals surface area contributed by atoms with Crippen molar-refractivity contribution in [2.75, 3.05) is 16.9 Å². The molecule has 24 heavy (non-hydrogen) atoms. The van der Waals surface area contributed by atoms with Crippen LogP contribution >= 0.6 is 23.1 Å². The van der Waals surface area contributed by atoms with Crippen LogP contribution in [0.5, 0.6) is 0 Å². The van der Waals surface area contributed by atoms with Gasteiger partial charge in [0.15, 0.2) is 4.34 Å². The number of fused-ring (bicyclic) bond motifs is 1. The lowest BCUT2D eigenvalue weighted by atomic mass is 10.2. The van der Waals surface area contributed by atoms with Gasteiger partial charge in [0.1, 0.15) is 6.04 Å². The number of thiazole rings is 1. The Kier molecular flexibility index (Phi) is 5.06. The maximum absolute atomic E-state index is 12.3. The van der Waals surface area contributed by atoms with Gasteiger partial charge in [0.25, 0.3) is 0 Å². The van der Waals surface area contributed by atoms with Crippen molar-refractivity contribution in [1.82, 2.24) is 4.98 Å². The Balaban J connectivity index is 1.68. The summed E-state index contributed by atoms with van der Waals surface area (Å²) in [5.74, 6) is -0.0620. The zero-order valence-corrected chi connectivity index (χ0v) is 15.4. The standard InChI is InChI=1S/C18H19N3OS2/c1-11-4-6-13(7-5-11)20-17(22)12(2)19-14-8-9-15-16(10-14)24-18(21-15)23-3/h4-10,12,19H,1-3H3,(H,20,22)/t12-/m0/s1. The van der Waals surface area contributed by atoms with Crippen molar-refractivity contribution < 1.29 is 4.79 Å². The summed E-state index contributed by atoms with van der Waals surface area (Å²) < 4.78 is 2.17. The fourth-order valence-corrected chi connectivity index (χ4v) is 3.81. The van der Waals surface area contributed by atoms with E-state index >= 15 is 0 Å². The minimum Gasteiger partial charge on any atom is -0.374 e. The number of thioether (sulfide) groups is 1. The molecule has 0 saturated heterocycles. The predicted octanol–water partition coefficient (Wildman–Crippen LogP) is 4.77. The van der Waals surface area contributed by atoms with Crippen LogP contribution in [0.15, 0.2) is 46.8 Å². The Bertz CT molecular complexity index is 858. The molecule has 2 aromatic carbocycles. The van der Waals surface area contributed by atoms with Gasteiger partial charge in [0.2, 0.25) is 5.91 Å². The lowest BCUT2D eigenvalue weighted by Gasteiger charge is -2.15. The third-order valence-electron chi connectivity index (χ3n) is 3.64. The number of nitrogens with one attached hydrogen (secondary N) is 2. The molecule has 0 radical (unpaired) electrons. The van der Waals surface area contributed by atoms with E-state index < -0.39 is 0 Å². The summed E-state index contributed by atoms with van der Waals surface area (Å²) >= 11 is 3.31. The molecule has 0 bridgehead atoms. The van der Waals surface area contributed by atoms with Gasteiger partial charge in [0, 0.05) is 11.4 Å². The average molecular weight is 358 g/mol. The molecule has 0 spiro atoms. The highest BCUT2D eigenvalue weighted by molar-refractivity contribution is 8.00. The Labute approximate surface area is 149 Å².